The summed E-state index contributed by atoms with van der Waals surface area (Å²) in [5.41, 5.74) is -1.21. The molecule has 1 aliphatic rings. The summed E-state index contributed by atoms with van der Waals surface area (Å²) < 4.78 is 15.7. The van der Waals surface area contributed by atoms with Crippen molar-refractivity contribution in [2.24, 2.45) is 0 Å². The van der Waals surface area contributed by atoms with Gasteiger partial charge in [0.25, 0.3) is 0 Å². The Balaban J connectivity index is 2.53. The first kappa shape index (κ1) is 19.8. The van der Waals surface area contributed by atoms with E-state index in [-0.39, 0.29) is 29.6 Å². The third-order valence-corrected chi connectivity index (χ3v) is 3.49. The van der Waals surface area contributed by atoms with E-state index in [1.54, 1.807) is 27.7 Å². The molecule has 1 aliphatic heterocycles. The summed E-state index contributed by atoms with van der Waals surface area (Å²) in [6.07, 6.45) is -2.01. The third-order valence-electron chi connectivity index (χ3n) is 3.27. The van der Waals surface area contributed by atoms with Crippen LogP contribution in [0.1, 0.15) is 27.7 Å². The van der Waals surface area contributed by atoms with E-state index < -0.39 is 34.4 Å². The molecule has 1 aromatic rings. The minimum atomic E-state index is -1.23. The number of carbonyl (C=O) groups excluding carboxylic acids is 2. The molecular formula is C16H19ClN2O7. The first-order chi connectivity index (χ1) is 12.0. The average molecular weight is 387 g/mol. The topological polar surface area (TPSA) is 108 Å². The van der Waals surface area contributed by atoms with Crippen LogP contribution in [0, 0.1) is 10.1 Å². The van der Waals surface area contributed by atoms with Crippen molar-refractivity contribution in [1.82, 2.24) is 0 Å². The zero-order valence-electron chi connectivity index (χ0n) is 14.8. The van der Waals surface area contributed by atoms with Crippen molar-refractivity contribution in [1.29, 1.82) is 0 Å². The highest BCUT2D eigenvalue weighted by Gasteiger charge is 2.40. The molecular weight excluding hydrogens is 368 g/mol. The van der Waals surface area contributed by atoms with Crippen LogP contribution < -0.4 is 9.64 Å². The molecule has 1 atom stereocenters. The van der Waals surface area contributed by atoms with Gasteiger partial charge in [0.1, 0.15) is 5.60 Å². The van der Waals surface area contributed by atoms with E-state index in [0.717, 1.165) is 11.0 Å². The molecule has 0 saturated carbocycles. The smallest absolute Gasteiger partial charge is 0.415 e. The minimum absolute atomic E-state index is 0.0437. The molecule has 1 heterocycles. The Bertz CT molecular complexity index is 745. The molecule has 0 fully saturated rings. The van der Waals surface area contributed by atoms with Crippen LogP contribution in [-0.4, -0.2) is 41.8 Å². The van der Waals surface area contributed by atoms with Gasteiger partial charge in [0.2, 0.25) is 11.9 Å². The van der Waals surface area contributed by atoms with E-state index in [0.29, 0.717) is 0 Å². The minimum Gasteiger partial charge on any atom is -0.468 e. The van der Waals surface area contributed by atoms with Crippen molar-refractivity contribution in [3.05, 3.63) is 27.3 Å². The number of halogens is 1. The van der Waals surface area contributed by atoms with Gasteiger partial charge in [-0.25, -0.2) is 9.59 Å². The second-order valence-electron chi connectivity index (χ2n) is 6.48. The number of fused-ring (bicyclic) bond motifs is 1. The van der Waals surface area contributed by atoms with Crippen LogP contribution in [0.5, 0.6) is 5.75 Å². The number of esters is 1. The number of nitro benzene ring substituents is 1. The van der Waals surface area contributed by atoms with E-state index in [1.165, 1.54) is 6.07 Å². The number of hydrogen-bond donors (Lipinski definition) is 0. The molecule has 1 aromatic carbocycles. The van der Waals surface area contributed by atoms with Crippen LogP contribution in [0.15, 0.2) is 12.1 Å². The van der Waals surface area contributed by atoms with Gasteiger partial charge in [-0.3, -0.25) is 15.0 Å². The Morgan fingerprint density at radius 2 is 2.08 bits per heavy atom. The van der Waals surface area contributed by atoms with E-state index in [1.807, 2.05) is 0 Å². The number of ether oxygens (including phenoxy) is 3. The molecule has 0 aliphatic carbocycles. The summed E-state index contributed by atoms with van der Waals surface area (Å²) in [7, 11) is 0. The fourth-order valence-electron chi connectivity index (χ4n) is 2.31. The second-order valence-corrected chi connectivity index (χ2v) is 6.92. The molecule has 0 spiro atoms. The lowest BCUT2D eigenvalue weighted by Gasteiger charge is -2.34. The summed E-state index contributed by atoms with van der Waals surface area (Å²) in [6.45, 7) is 6.52. The molecule has 0 saturated heterocycles. The summed E-state index contributed by atoms with van der Waals surface area (Å²) in [5.74, 6) is -0.981. The maximum absolute atomic E-state index is 12.6. The highest BCUT2D eigenvalue weighted by atomic mass is 35.5. The Morgan fingerprint density at radius 3 is 2.62 bits per heavy atom. The van der Waals surface area contributed by atoms with E-state index >= 15 is 0 Å². The lowest BCUT2D eigenvalue weighted by atomic mass is 10.1. The Labute approximate surface area is 154 Å². The predicted molar refractivity (Wildman–Crippen MR) is 92.7 cm³/mol. The quantitative estimate of drug-likeness (QED) is 0.445. The molecule has 0 bridgehead atoms. The summed E-state index contributed by atoms with van der Waals surface area (Å²) in [5, 5.41) is 11.4. The largest absolute Gasteiger partial charge is 0.468 e. The summed E-state index contributed by atoms with van der Waals surface area (Å²) in [4.78, 5) is 36.4. The van der Waals surface area contributed by atoms with Crippen molar-refractivity contribution in [3.8, 4) is 5.75 Å². The predicted octanol–water partition coefficient (Wildman–Crippen LogP) is 3.31. The van der Waals surface area contributed by atoms with Crippen molar-refractivity contribution < 1.29 is 28.7 Å². The Morgan fingerprint density at radius 1 is 1.42 bits per heavy atom. The Kier molecular flexibility index (Phi) is 5.60. The number of anilines is 1. The molecule has 26 heavy (non-hydrogen) atoms. The highest BCUT2D eigenvalue weighted by molar-refractivity contribution is 6.31. The number of carbonyl (C=O) groups is 2. The maximum Gasteiger partial charge on any atom is 0.415 e. The zero-order valence-corrected chi connectivity index (χ0v) is 15.5. The normalized spacial score (nSPS) is 16.3. The Hall–Kier alpha value is -2.55. The van der Waals surface area contributed by atoms with Gasteiger partial charge < -0.3 is 14.2 Å². The molecule has 0 N–H and O–H groups in total. The highest BCUT2D eigenvalue weighted by Crippen LogP contribution is 2.44. The number of nitro groups is 1. The molecule has 10 heteroatoms. The summed E-state index contributed by atoms with van der Waals surface area (Å²) in [6, 6.07) is 2.43. The number of nitrogens with zero attached hydrogens (tertiary/aromatic N) is 2. The van der Waals surface area contributed by atoms with Gasteiger partial charge in [-0.2, -0.15) is 0 Å². The summed E-state index contributed by atoms with van der Waals surface area (Å²) >= 11 is 5.95. The van der Waals surface area contributed by atoms with Crippen LogP contribution >= 0.6 is 11.6 Å². The van der Waals surface area contributed by atoms with Gasteiger partial charge in [0.15, 0.2) is 0 Å². The first-order valence-electron chi connectivity index (χ1n) is 7.85. The number of amides is 1. The van der Waals surface area contributed by atoms with Crippen molar-refractivity contribution in [3.63, 3.8) is 0 Å². The van der Waals surface area contributed by atoms with Gasteiger partial charge in [0.05, 0.1) is 23.8 Å². The number of hydrogen-bond acceptors (Lipinski definition) is 7. The fraction of sp³-hybridized carbons (Fsp3) is 0.500. The van der Waals surface area contributed by atoms with E-state index in [4.69, 9.17) is 25.8 Å². The van der Waals surface area contributed by atoms with Crippen molar-refractivity contribution in [2.45, 2.75) is 39.4 Å². The molecule has 0 aromatic heterocycles. The van der Waals surface area contributed by atoms with Crippen LogP contribution in [0.3, 0.4) is 0 Å². The van der Waals surface area contributed by atoms with Crippen LogP contribution in [-0.2, 0) is 14.3 Å². The lowest BCUT2D eigenvalue weighted by molar-refractivity contribution is -0.386. The monoisotopic (exact) mass is 386 g/mol. The molecule has 0 radical (unpaired) electrons. The number of rotatable bonds is 3. The van der Waals surface area contributed by atoms with E-state index in [9.17, 15) is 19.7 Å². The van der Waals surface area contributed by atoms with E-state index in [2.05, 4.69) is 0 Å². The molecule has 9 nitrogen and oxygen atoms in total. The van der Waals surface area contributed by atoms with Gasteiger partial charge in [-0.15, -0.1) is 0 Å². The maximum atomic E-state index is 12.6. The third kappa shape index (κ3) is 4.34. The van der Waals surface area contributed by atoms with Gasteiger partial charge in [0, 0.05) is 11.1 Å². The molecule has 142 valence electrons. The van der Waals surface area contributed by atoms with Crippen LogP contribution in [0.25, 0.3) is 0 Å². The standard InChI is InChI=1S/C16H19ClN2O7/c1-5-24-14(20)12-8-18(15(21)26-16(2,3)4)10-6-9(17)7-11(19(22)23)13(10)25-12/h6-7,12H,5,8H2,1-4H3. The van der Waals surface area contributed by atoms with Gasteiger partial charge in [-0.1, -0.05) is 11.6 Å². The zero-order chi connectivity index (χ0) is 19.6. The molecule has 1 amide bonds. The first-order valence-corrected chi connectivity index (χ1v) is 8.23. The average Bonchev–Trinajstić information content (AvgIpc) is 2.51. The molecule has 1 unspecified atom stereocenters. The lowest BCUT2D eigenvalue weighted by Crippen LogP contribution is -2.49. The fourth-order valence-corrected chi connectivity index (χ4v) is 2.52. The van der Waals surface area contributed by atoms with Gasteiger partial charge in [-0.05, 0) is 33.8 Å². The molecule has 2 rings (SSSR count). The van der Waals surface area contributed by atoms with Crippen molar-refractivity contribution in [2.75, 3.05) is 18.1 Å². The van der Waals surface area contributed by atoms with Crippen molar-refractivity contribution >= 4 is 35.0 Å². The van der Waals surface area contributed by atoms with Gasteiger partial charge >= 0.3 is 17.7 Å². The van der Waals surface area contributed by atoms with Crippen LogP contribution in [0.2, 0.25) is 5.02 Å². The SMILES string of the molecule is CCOC(=O)C1CN(C(=O)OC(C)(C)C)c2cc(Cl)cc([N+](=O)[O-])c2O1. The number of benzene rings is 1. The second kappa shape index (κ2) is 7.36. The van der Waals surface area contributed by atoms with Crippen LogP contribution in [0.4, 0.5) is 16.2 Å².